The van der Waals surface area contributed by atoms with E-state index in [1.165, 1.54) is 92.5 Å². The fourth-order valence-corrected chi connectivity index (χ4v) is 28.1. The Labute approximate surface area is 356 Å². The summed E-state index contributed by atoms with van der Waals surface area (Å²) in [6.45, 7) is 17.6. The van der Waals surface area contributed by atoms with E-state index in [4.69, 9.17) is 0 Å². The molecule has 54 heavy (non-hydrogen) atoms. The maximum atomic E-state index is 13.8. The molecule has 2 aromatic carbocycles. The zero-order chi connectivity index (χ0) is 40.8. The van der Waals surface area contributed by atoms with Gasteiger partial charge in [0.05, 0.1) is 0 Å². The molecule has 0 aromatic heterocycles. The standard InChI is InChI=1S/C14H18F5Ge.C14H23GeS.2C8H18Ge/c1-3-5-7-20(8-6-4-2)14-12(18)10(16)9(15)11(17)13(14)19;1-3-5-12-15(13-6-4-2)16-14-10-8-7-9-11-14;2*1-3-5-7-9-8-6-4-2/h3-8H2,1-2H3;7-11H,3-6,12-13H2,1-2H3;2*3-8H2,1-2H3. The number of unbranched alkanes of at least 4 members (excludes halogenated alkanes) is 8. The molecule has 0 aliphatic heterocycles. The summed E-state index contributed by atoms with van der Waals surface area (Å²) in [5.41, 5.74) is 0. The normalized spacial score (nSPS) is 10.8. The molecule has 310 valence electrons. The summed E-state index contributed by atoms with van der Waals surface area (Å²) in [5, 5.41) is 10.6. The van der Waals surface area contributed by atoms with Gasteiger partial charge in [-0.2, -0.15) is 0 Å². The van der Waals surface area contributed by atoms with E-state index >= 15 is 0 Å². The molecule has 0 saturated carbocycles. The third-order valence-electron chi connectivity index (χ3n) is 8.68. The van der Waals surface area contributed by atoms with Gasteiger partial charge in [-0.05, 0) is 0 Å². The van der Waals surface area contributed by atoms with E-state index in [9.17, 15) is 22.0 Å². The summed E-state index contributed by atoms with van der Waals surface area (Å²) in [5.74, 6) is -8.90. The third kappa shape index (κ3) is 29.8. The number of halogens is 5. The minimum atomic E-state index is -2.49. The van der Waals surface area contributed by atoms with Crippen LogP contribution >= 0.6 is 10.1 Å². The van der Waals surface area contributed by atoms with Crippen molar-refractivity contribution in [2.24, 2.45) is 0 Å². The Hall–Kier alpha value is 0.611. The molecule has 0 atom stereocenters. The first-order valence-electron chi connectivity index (χ1n) is 21.5. The van der Waals surface area contributed by atoms with Crippen LogP contribution in [-0.4, -0.2) is 58.4 Å². The predicted octanol–water partition coefficient (Wildman–Crippen LogP) is 16.3. The van der Waals surface area contributed by atoms with Crippen LogP contribution in [0, 0.1) is 29.1 Å². The monoisotopic (exact) mass is 1030 g/mol. The average Bonchev–Trinajstić information content (AvgIpc) is 3.19. The second kappa shape index (κ2) is 41.8. The van der Waals surface area contributed by atoms with Gasteiger partial charge in [-0.25, -0.2) is 0 Å². The van der Waals surface area contributed by atoms with Crippen molar-refractivity contribution in [3.8, 4) is 0 Å². The van der Waals surface area contributed by atoms with E-state index in [1.54, 1.807) is 21.0 Å². The third-order valence-corrected chi connectivity index (χ3v) is 31.1. The van der Waals surface area contributed by atoms with Crippen molar-refractivity contribution in [3.05, 3.63) is 59.4 Å². The van der Waals surface area contributed by atoms with Crippen LogP contribution in [0.5, 0.6) is 0 Å². The molecule has 0 aliphatic rings. The van der Waals surface area contributed by atoms with Gasteiger partial charge in [-0.1, -0.05) is 0 Å². The molecule has 0 amide bonds. The summed E-state index contributed by atoms with van der Waals surface area (Å²) in [4.78, 5) is 1.50. The second-order valence-corrected chi connectivity index (χ2v) is 35.1. The first-order chi connectivity index (χ1) is 26.1. The van der Waals surface area contributed by atoms with Crippen molar-refractivity contribution in [2.75, 3.05) is 0 Å². The molecule has 0 unspecified atom stereocenters. The fraction of sp³-hybridized carbons (Fsp3) is 0.727. The van der Waals surface area contributed by atoms with Crippen LogP contribution < -0.4 is 4.40 Å². The van der Waals surface area contributed by atoms with Crippen molar-refractivity contribution in [2.45, 2.75) is 205 Å². The Kier molecular flexibility index (Phi) is 43.9. The summed E-state index contributed by atoms with van der Waals surface area (Å²) in [6, 6.07) is 11.0. The van der Waals surface area contributed by atoms with Gasteiger partial charge in [0.15, 0.2) is 0 Å². The van der Waals surface area contributed by atoms with E-state index in [-0.39, 0.29) is 0 Å². The van der Waals surface area contributed by atoms with Crippen molar-refractivity contribution in [3.63, 3.8) is 0 Å². The number of hydrogen-bond donors (Lipinski definition) is 0. The van der Waals surface area contributed by atoms with Crippen molar-refractivity contribution < 1.29 is 22.0 Å². The second-order valence-electron chi connectivity index (χ2n) is 13.8. The summed E-state index contributed by atoms with van der Waals surface area (Å²) >= 11 is -2.36. The molecule has 0 N–H and O–H groups in total. The first-order valence-corrected chi connectivity index (χ1v) is 37.8. The molecule has 2 aromatic rings. The van der Waals surface area contributed by atoms with Gasteiger partial charge in [0.2, 0.25) is 0 Å². The molecule has 0 spiro atoms. The number of hydrogen-bond acceptors (Lipinski definition) is 1. The van der Waals surface area contributed by atoms with E-state index < -0.39 is 61.0 Å². The Morgan fingerprint density at radius 2 is 0.741 bits per heavy atom. The zero-order valence-corrected chi connectivity index (χ0v) is 44.9. The van der Waals surface area contributed by atoms with Crippen molar-refractivity contribution >= 4 is 72.9 Å². The summed E-state index contributed by atoms with van der Waals surface area (Å²) < 4.78 is 66.8. The molecule has 0 heterocycles. The van der Waals surface area contributed by atoms with E-state index in [1.807, 2.05) is 13.8 Å². The van der Waals surface area contributed by atoms with Gasteiger partial charge in [-0.15, -0.1) is 0 Å². The van der Waals surface area contributed by atoms with Crippen LogP contribution in [0.3, 0.4) is 0 Å². The maximum absolute atomic E-state index is 13.8. The van der Waals surface area contributed by atoms with Gasteiger partial charge in [0, 0.05) is 0 Å². The molecule has 10 heteroatoms. The average molecular weight is 1020 g/mol. The van der Waals surface area contributed by atoms with Crippen LogP contribution in [0.25, 0.3) is 0 Å². The number of benzene rings is 2. The summed E-state index contributed by atoms with van der Waals surface area (Å²) in [7, 11) is 2.24. The Balaban J connectivity index is 0. The summed E-state index contributed by atoms with van der Waals surface area (Å²) in [6.07, 6.45) is 20.4. The van der Waals surface area contributed by atoms with Gasteiger partial charge in [-0.3, -0.25) is 0 Å². The Morgan fingerprint density at radius 3 is 1.07 bits per heavy atom. The molecule has 0 aliphatic carbocycles. The van der Waals surface area contributed by atoms with E-state index in [0.717, 1.165) is 25.7 Å². The molecule has 0 fully saturated rings. The molecule has 0 saturated heterocycles. The molecule has 6 radical (unpaired) electrons. The fourth-order valence-electron chi connectivity index (χ4n) is 5.16. The zero-order valence-electron chi connectivity index (χ0n) is 35.7. The SMILES string of the molecule is CCC[CH2][Ge]([CH2]CCC)[S]c1ccccc1.CCC[CH2][Ge]([CH2]CCC)[c]1c(F)c(F)c(F)c(F)c1F.CCC[CH2][Ge][CH2]CCC.CCC[CH2][Ge][CH2]CCC. The van der Waals surface area contributed by atoms with Gasteiger partial charge >= 0.3 is 359 Å². The molecular weight excluding hydrogens is 946 g/mol. The van der Waals surface area contributed by atoms with Crippen molar-refractivity contribution in [1.29, 1.82) is 0 Å². The molecule has 0 nitrogen and oxygen atoms in total. The van der Waals surface area contributed by atoms with Gasteiger partial charge in [0.1, 0.15) is 0 Å². The quantitative estimate of drug-likeness (QED) is 0.0283. The topological polar surface area (TPSA) is 0 Å². The van der Waals surface area contributed by atoms with Crippen LogP contribution in [-0.2, 0) is 0 Å². The molecule has 0 bridgehead atoms. The number of rotatable bonds is 27. The van der Waals surface area contributed by atoms with E-state index in [0.29, 0.717) is 41.4 Å². The van der Waals surface area contributed by atoms with Gasteiger partial charge in [0.25, 0.3) is 0 Å². The predicted molar refractivity (Wildman–Crippen MR) is 239 cm³/mol. The first kappa shape index (κ1) is 56.7. The van der Waals surface area contributed by atoms with Crippen LogP contribution in [0.2, 0.25) is 42.0 Å². The Bertz CT molecular complexity index is 1030. The van der Waals surface area contributed by atoms with Crippen LogP contribution in [0.1, 0.15) is 158 Å². The van der Waals surface area contributed by atoms with E-state index in [2.05, 4.69) is 82.0 Å². The van der Waals surface area contributed by atoms with Gasteiger partial charge < -0.3 is 0 Å². The Morgan fingerprint density at radius 1 is 0.426 bits per heavy atom. The molecule has 2 rings (SSSR count). The van der Waals surface area contributed by atoms with Crippen molar-refractivity contribution in [1.82, 2.24) is 0 Å². The van der Waals surface area contributed by atoms with Crippen LogP contribution in [0.4, 0.5) is 22.0 Å². The molecular formula is C44H77F5Ge4S. The minimum absolute atomic E-state index is 0.483. The van der Waals surface area contributed by atoms with Crippen LogP contribution in [0.15, 0.2) is 35.2 Å².